The largest absolute Gasteiger partial charge is 0.307 e. The second-order valence-electron chi connectivity index (χ2n) is 5.04. The summed E-state index contributed by atoms with van der Waals surface area (Å²) >= 11 is 18.2. The first-order valence-corrected chi connectivity index (χ1v) is 8.19. The monoisotopic (exact) mass is 379 g/mol. The summed E-state index contributed by atoms with van der Waals surface area (Å²) in [5.41, 5.74) is 1.20. The molecule has 0 aliphatic rings. The highest BCUT2D eigenvalue weighted by atomic mass is 35.5. The molecule has 0 radical (unpaired) electrons. The number of halogens is 3. The van der Waals surface area contributed by atoms with Gasteiger partial charge in [0.05, 0.1) is 23.3 Å². The smallest absolute Gasteiger partial charge is 0.258 e. The van der Waals surface area contributed by atoms with Crippen molar-refractivity contribution in [3.63, 3.8) is 0 Å². The van der Waals surface area contributed by atoms with E-state index in [0.717, 1.165) is 5.56 Å². The van der Waals surface area contributed by atoms with E-state index in [1.165, 1.54) is 6.07 Å². The summed E-state index contributed by atoms with van der Waals surface area (Å²) < 4.78 is 1.65. The highest BCUT2D eigenvalue weighted by Gasteiger charge is 2.14. The van der Waals surface area contributed by atoms with Gasteiger partial charge in [0.25, 0.3) is 5.91 Å². The lowest BCUT2D eigenvalue weighted by Gasteiger charge is -2.11. The van der Waals surface area contributed by atoms with Crippen LogP contribution in [0.5, 0.6) is 0 Å². The molecule has 0 aliphatic heterocycles. The van der Waals surface area contributed by atoms with Crippen LogP contribution in [0.3, 0.4) is 0 Å². The maximum Gasteiger partial charge on any atom is 0.258 e. The number of hydrogen-bond acceptors (Lipinski definition) is 2. The van der Waals surface area contributed by atoms with Crippen molar-refractivity contribution in [3.05, 3.63) is 80.9 Å². The van der Waals surface area contributed by atoms with Crippen LogP contribution in [0.2, 0.25) is 15.1 Å². The number of nitrogens with one attached hydrogen (secondary N) is 1. The van der Waals surface area contributed by atoms with Gasteiger partial charge in [-0.15, -0.1) is 0 Å². The first kappa shape index (κ1) is 16.8. The van der Waals surface area contributed by atoms with Gasteiger partial charge in [-0.1, -0.05) is 53.0 Å². The quantitative estimate of drug-likeness (QED) is 0.681. The molecule has 1 N–H and O–H groups in total. The third kappa shape index (κ3) is 3.73. The Kier molecular flexibility index (Phi) is 5.09. The van der Waals surface area contributed by atoms with Gasteiger partial charge in [0, 0.05) is 16.1 Å². The fourth-order valence-corrected chi connectivity index (χ4v) is 2.78. The summed E-state index contributed by atoms with van der Waals surface area (Å²) in [6.45, 7) is 0.436. The summed E-state index contributed by atoms with van der Waals surface area (Å²) in [6.07, 6.45) is 1.60. The molecule has 0 unspecified atom stereocenters. The third-order valence-electron chi connectivity index (χ3n) is 3.41. The van der Waals surface area contributed by atoms with Crippen molar-refractivity contribution >= 4 is 46.5 Å². The van der Waals surface area contributed by atoms with Gasteiger partial charge >= 0.3 is 0 Å². The van der Waals surface area contributed by atoms with Crippen molar-refractivity contribution in [2.75, 3.05) is 5.32 Å². The number of rotatable bonds is 4. The van der Waals surface area contributed by atoms with Gasteiger partial charge in [0.15, 0.2) is 0 Å². The average molecular weight is 381 g/mol. The van der Waals surface area contributed by atoms with Crippen molar-refractivity contribution in [1.82, 2.24) is 9.78 Å². The summed E-state index contributed by atoms with van der Waals surface area (Å²) in [7, 11) is 0. The van der Waals surface area contributed by atoms with E-state index in [-0.39, 0.29) is 5.91 Å². The van der Waals surface area contributed by atoms with Crippen LogP contribution in [0.15, 0.2) is 54.7 Å². The standard InChI is InChI=1S/C17H12Cl3N3O/c18-12-5-6-15(20)13(9-12)17(24)22-16-7-8-21-23(16)10-11-3-1-2-4-14(11)19/h1-9H,10H2,(H,22,24). The molecule has 0 fully saturated rings. The van der Waals surface area contributed by atoms with Gasteiger partial charge in [-0.25, -0.2) is 4.68 Å². The summed E-state index contributed by atoms with van der Waals surface area (Å²) in [4.78, 5) is 12.4. The first-order valence-electron chi connectivity index (χ1n) is 7.06. The van der Waals surface area contributed by atoms with Crippen molar-refractivity contribution < 1.29 is 4.79 Å². The molecule has 3 rings (SSSR count). The van der Waals surface area contributed by atoms with Gasteiger partial charge in [0.2, 0.25) is 0 Å². The van der Waals surface area contributed by atoms with E-state index in [0.29, 0.717) is 33.0 Å². The Bertz CT molecular complexity index is 892. The van der Waals surface area contributed by atoms with Gasteiger partial charge in [0.1, 0.15) is 5.82 Å². The molecule has 2 aromatic carbocycles. The Labute approximate surface area is 154 Å². The molecule has 0 bridgehead atoms. The Balaban J connectivity index is 1.82. The van der Waals surface area contributed by atoms with Gasteiger partial charge in [-0.2, -0.15) is 5.10 Å². The second kappa shape index (κ2) is 7.26. The molecular formula is C17H12Cl3N3O. The van der Waals surface area contributed by atoms with E-state index in [2.05, 4.69) is 10.4 Å². The predicted octanol–water partition coefficient (Wildman–Crippen LogP) is 5.14. The Hall–Kier alpha value is -2.01. The molecule has 1 aromatic heterocycles. The van der Waals surface area contributed by atoms with E-state index in [9.17, 15) is 4.79 Å². The van der Waals surface area contributed by atoms with Crippen LogP contribution in [-0.4, -0.2) is 15.7 Å². The molecule has 0 spiro atoms. The molecule has 0 saturated carbocycles. The molecule has 122 valence electrons. The van der Waals surface area contributed by atoms with Crippen LogP contribution in [0.4, 0.5) is 5.82 Å². The SMILES string of the molecule is O=C(Nc1ccnn1Cc1ccccc1Cl)c1cc(Cl)ccc1Cl. The van der Waals surface area contributed by atoms with E-state index in [1.54, 1.807) is 29.1 Å². The predicted molar refractivity (Wildman–Crippen MR) is 97.2 cm³/mol. The van der Waals surface area contributed by atoms with E-state index >= 15 is 0 Å². The summed E-state index contributed by atoms with van der Waals surface area (Å²) in [5, 5.41) is 8.42. The van der Waals surface area contributed by atoms with E-state index in [4.69, 9.17) is 34.8 Å². The van der Waals surface area contributed by atoms with Crippen molar-refractivity contribution in [1.29, 1.82) is 0 Å². The van der Waals surface area contributed by atoms with Crippen LogP contribution >= 0.6 is 34.8 Å². The zero-order valence-corrected chi connectivity index (χ0v) is 14.6. The van der Waals surface area contributed by atoms with Crippen LogP contribution in [0, 0.1) is 0 Å². The van der Waals surface area contributed by atoms with Crippen molar-refractivity contribution in [2.24, 2.45) is 0 Å². The van der Waals surface area contributed by atoms with Crippen molar-refractivity contribution in [2.45, 2.75) is 6.54 Å². The molecule has 7 heteroatoms. The van der Waals surface area contributed by atoms with Crippen LogP contribution in [0.25, 0.3) is 0 Å². The van der Waals surface area contributed by atoms with Crippen LogP contribution in [-0.2, 0) is 6.54 Å². The Morgan fingerprint density at radius 3 is 2.62 bits per heavy atom. The molecular weight excluding hydrogens is 369 g/mol. The lowest BCUT2D eigenvalue weighted by atomic mass is 10.2. The number of amides is 1. The van der Waals surface area contributed by atoms with Gasteiger partial charge in [-0.3, -0.25) is 4.79 Å². The molecule has 0 saturated heterocycles. The molecule has 0 aliphatic carbocycles. The minimum Gasteiger partial charge on any atom is -0.307 e. The van der Waals surface area contributed by atoms with Crippen molar-refractivity contribution in [3.8, 4) is 0 Å². The molecule has 1 heterocycles. The zero-order chi connectivity index (χ0) is 17.1. The minimum absolute atomic E-state index is 0.301. The number of benzene rings is 2. The molecule has 3 aromatic rings. The maximum atomic E-state index is 12.4. The fourth-order valence-electron chi connectivity index (χ4n) is 2.21. The topological polar surface area (TPSA) is 46.9 Å². The van der Waals surface area contributed by atoms with Gasteiger partial charge in [-0.05, 0) is 29.8 Å². The first-order chi connectivity index (χ1) is 11.5. The zero-order valence-electron chi connectivity index (χ0n) is 12.3. The second-order valence-corrected chi connectivity index (χ2v) is 6.29. The average Bonchev–Trinajstić information content (AvgIpc) is 2.99. The number of aromatic nitrogens is 2. The molecule has 1 amide bonds. The Morgan fingerprint density at radius 2 is 1.83 bits per heavy atom. The van der Waals surface area contributed by atoms with E-state index < -0.39 is 0 Å². The summed E-state index contributed by atoms with van der Waals surface area (Å²) in [5.74, 6) is 0.180. The van der Waals surface area contributed by atoms with E-state index in [1.807, 2.05) is 24.3 Å². The number of carbonyl (C=O) groups excluding carboxylic acids is 1. The number of anilines is 1. The van der Waals surface area contributed by atoms with Crippen LogP contribution in [0.1, 0.15) is 15.9 Å². The lowest BCUT2D eigenvalue weighted by molar-refractivity contribution is 0.102. The lowest BCUT2D eigenvalue weighted by Crippen LogP contribution is -2.16. The third-order valence-corrected chi connectivity index (χ3v) is 4.34. The van der Waals surface area contributed by atoms with Gasteiger partial charge < -0.3 is 5.32 Å². The summed E-state index contributed by atoms with van der Waals surface area (Å²) in [6, 6.07) is 13.9. The molecule has 4 nitrogen and oxygen atoms in total. The highest BCUT2D eigenvalue weighted by molar-refractivity contribution is 6.36. The molecule has 24 heavy (non-hydrogen) atoms. The number of nitrogens with zero attached hydrogens (tertiary/aromatic N) is 2. The minimum atomic E-state index is -0.358. The highest BCUT2D eigenvalue weighted by Crippen LogP contribution is 2.22. The normalized spacial score (nSPS) is 10.6. The Morgan fingerprint density at radius 1 is 1.04 bits per heavy atom. The number of carbonyl (C=O) groups is 1. The maximum absolute atomic E-state index is 12.4. The van der Waals surface area contributed by atoms with Crippen LogP contribution < -0.4 is 5.32 Å². The molecule has 0 atom stereocenters. The fraction of sp³-hybridized carbons (Fsp3) is 0.0588. The number of hydrogen-bond donors (Lipinski definition) is 1.